The summed E-state index contributed by atoms with van der Waals surface area (Å²) in [5.74, 6) is -3.95. The van der Waals surface area contributed by atoms with E-state index in [2.05, 4.69) is 0 Å². The van der Waals surface area contributed by atoms with Crippen LogP contribution in [0.1, 0.15) is 11.1 Å². The molecular formula is C22H13F7. The first-order valence-corrected chi connectivity index (χ1v) is 8.36. The van der Waals surface area contributed by atoms with Crippen molar-refractivity contribution in [3.63, 3.8) is 0 Å². The van der Waals surface area contributed by atoms with Gasteiger partial charge in [-0.25, -0.2) is 17.6 Å². The second kappa shape index (κ2) is 7.73. The standard InChI is InChI=1S/C22H13F7/c1-12-2-4-15(18(23)8-12)13-3-5-16(19(24)9-13)14-10-20(25)17(21(26)11-14)6-7-22(27,28)29/h2-11H,1H3. The number of aryl methyl sites for hydroxylation is 1. The lowest BCUT2D eigenvalue weighted by atomic mass is 9.97. The van der Waals surface area contributed by atoms with E-state index in [0.29, 0.717) is 5.56 Å². The van der Waals surface area contributed by atoms with Gasteiger partial charge in [0.25, 0.3) is 0 Å². The second-order valence-electron chi connectivity index (χ2n) is 6.41. The summed E-state index contributed by atoms with van der Waals surface area (Å²) >= 11 is 0. The van der Waals surface area contributed by atoms with Crippen molar-refractivity contribution in [2.75, 3.05) is 0 Å². The van der Waals surface area contributed by atoms with E-state index in [-0.39, 0.29) is 34.4 Å². The third kappa shape index (κ3) is 4.67. The van der Waals surface area contributed by atoms with Gasteiger partial charge in [-0.05, 0) is 54.0 Å². The molecule has 0 N–H and O–H groups in total. The van der Waals surface area contributed by atoms with Crippen molar-refractivity contribution in [1.82, 2.24) is 0 Å². The highest BCUT2D eigenvalue weighted by Crippen LogP contribution is 2.32. The molecule has 0 bridgehead atoms. The molecule has 7 heteroatoms. The van der Waals surface area contributed by atoms with Crippen molar-refractivity contribution in [2.45, 2.75) is 13.1 Å². The molecule has 3 aromatic carbocycles. The lowest BCUT2D eigenvalue weighted by molar-refractivity contribution is -0.0790. The normalized spacial score (nSPS) is 12.0. The Morgan fingerprint density at radius 2 is 1.17 bits per heavy atom. The molecule has 0 atom stereocenters. The van der Waals surface area contributed by atoms with Crippen molar-refractivity contribution < 1.29 is 30.7 Å². The summed E-state index contributed by atoms with van der Waals surface area (Å²) < 4.78 is 93.5. The molecule has 0 fully saturated rings. The molecule has 0 nitrogen and oxygen atoms in total. The van der Waals surface area contributed by atoms with Crippen LogP contribution >= 0.6 is 0 Å². The number of alkyl halides is 3. The molecule has 0 spiro atoms. The summed E-state index contributed by atoms with van der Waals surface area (Å²) in [5, 5.41) is 0. The van der Waals surface area contributed by atoms with Gasteiger partial charge in [-0.15, -0.1) is 0 Å². The second-order valence-corrected chi connectivity index (χ2v) is 6.41. The van der Waals surface area contributed by atoms with Gasteiger partial charge >= 0.3 is 6.18 Å². The monoisotopic (exact) mass is 410 g/mol. The molecule has 3 aromatic rings. The minimum absolute atomic E-state index is 0.158. The molecular weight excluding hydrogens is 397 g/mol. The largest absolute Gasteiger partial charge is 0.409 e. The van der Waals surface area contributed by atoms with E-state index in [1.165, 1.54) is 24.3 Å². The fourth-order valence-electron chi connectivity index (χ4n) is 2.85. The molecule has 0 aromatic heterocycles. The Kier molecular flexibility index (Phi) is 5.50. The van der Waals surface area contributed by atoms with Crippen LogP contribution < -0.4 is 0 Å². The highest BCUT2D eigenvalue weighted by Gasteiger charge is 2.23. The van der Waals surface area contributed by atoms with Crippen LogP contribution in [0.3, 0.4) is 0 Å². The molecule has 0 aliphatic heterocycles. The van der Waals surface area contributed by atoms with E-state index in [1.54, 1.807) is 13.0 Å². The molecule has 0 saturated heterocycles. The zero-order valence-corrected chi connectivity index (χ0v) is 14.9. The third-order valence-corrected chi connectivity index (χ3v) is 4.23. The van der Waals surface area contributed by atoms with Gasteiger partial charge in [-0.1, -0.05) is 24.3 Å². The summed E-state index contributed by atoms with van der Waals surface area (Å²) in [6.07, 6.45) is -4.75. The van der Waals surface area contributed by atoms with Gasteiger partial charge in [0.15, 0.2) is 0 Å². The summed E-state index contributed by atoms with van der Waals surface area (Å²) in [4.78, 5) is 0. The summed E-state index contributed by atoms with van der Waals surface area (Å²) in [6, 6.07) is 9.55. The van der Waals surface area contributed by atoms with Crippen LogP contribution in [0.4, 0.5) is 30.7 Å². The quantitative estimate of drug-likeness (QED) is 0.393. The maximum absolute atomic E-state index is 14.6. The number of rotatable bonds is 3. The van der Waals surface area contributed by atoms with Gasteiger partial charge in [-0.2, -0.15) is 13.2 Å². The van der Waals surface area contributed by atoms with Crippen molar-refractivity contribution >= 4 is 6.08 Å². The zero-order valence-electron chi connectivity index (χ0n) is 14.9. The zero-order chi connectivity index (χ0) is 21.3. The number of halogens is 7. The van der Waals surface area contributed by atoms with Gasteiger partial charge in [0.05, 0.1) is 0 Å². The average molecular weight is 410 g/mol. The van der Waals surface area contributed by atoms with Gasteiger partial charge in [0.2, 0.25) is 0 Å². The fraction of sp³-hybridized carbons (Fsp3) is 0.0909. The number of hydrogen-bond donors (Lipinski definition) is 0. The van der Waals surface area contributed by atoms with Crippen LogP contribution in [0.2, 0.25) is 0 Å². The minimum atomic E-state index is -4.73. The van der Waals surface area contributed by atoms with Crippen molar-refractivity contribution in [3.05, 3.63) is 89.0 Å². The van der Waals surface area contributed by atoms with Crippen molar-refractivity contribution in [1.29, 1.82) is 0 Å². The summed E-state index contributed by atoms with van der Waals surface area (Å²) in [7, 11) is 0. The smallest absolute Gasteiger partial charge is 0.206 e. The Labute approximate surface area is 161 Å². The number of allylic oxidation sites excluding steroid dienone is 1. The van der Waals surface area contributed by atoms with Gasteiger partial charge < -0.3 is 0 Å². The first-order valence-electron chi connectivity index (χ1n) is 8.36. The van der Waals surface area contributed by atoms with Crippen LogP contribution in [0, 0.1) is 30.2 Å². The molecule has 0 saturated carbocycles. The van der Waals surface area contributed by atoms with Crippen LogP contribution in [-0.2, 0) is 0 Å². The van der Waals surface area contributed by atoms with E-state index in [0.717, 1.165) is 18.2 Å². The average Bonchev–Trinajstić information content (AvgIpc) is 2.59. The van der Waals surface area contributed by atoms with Gasteiger partial charge in [0, 0.05) is 22.8 Å². The number of benzene rings is 3. The first-order chi connectivity index (χ1) is 13.5. The van der Waals surface area contributed by atoms with Crippen molar-refractivity contribution in [3.8, 4) is 22.3 Å². The highest BCUT2D eigenvalue weighted by molar-refractivity contribution is 5.72. The molecule has 0 heterocycles. The van der Waals surface area contributed by atoms with E-state index in [4.69, 9.17) is 0 Å². The lowest BCUT2D eigenvalue weighted by Gasteiger charge is -2.10. The van der Waals surface area contributed by atoms with Crippen LogP contribution in [0.5, 0.6) is 0 Å². The van der Waals surface area contributed by atoms with Gasteiger partial charge in [-0.3, -0.25) is 0 Å². The molecule has 29 heavy (non-hydrogen) atoms. The first kappa shape index (κ1) is 20.6. The molecule has 3 rings (SSSR count). The van der Waals surface area contributed by atoms with Gasteiger partial charge in [0.1, 0.15) is 23.3 Å². The Morgan fingerprint density at radius 3 is 1.72 bits per heavy atom. The minimum Gasteiger partial charge on any atom is -0.206 e. The molecule has 150 valence electrons. The van der Waals surface area contributed by atoms with Crippen LogP contribution in [0.25, 0.3) is 28.3 Å². The Morgan fingerprint density at radius 1 is 0.655 bits per heavy atom. The van der Waals surface area contributed by atoms with Crippen LogP contribution in [0.15, 0.2) is 54.6 Å². The maximum Gasteiger partial charge on any atom is 0.409 e. The number of hydrogen-bond acceptors (Lipinski definition) is 0. The Bertz CT molecular complexity index is 1070. The van der Waals surface area contributed by atoms with E-state index >= 15 is 0 Å². The van der Waals surface area contributed by atoms with Crippen LogP contribution in [-0.4, -0.2) is 6.18 Å². The molecule has 0 aliphatic rings. The predicted molar refractivity (Wildman–Crippen MR) is 97.0 cm³/mol. The Balaban J connectivity index is 2.00. The molecule has 0 amide bonds. The molecule has 0 unspecified atom stereocenters. The molecule has 0 aliphatic carbocycles. The summed E-state index contributed by atoms with van der Waals surface area (Å²) in [5.41, 5.74) is -0.178. The van der Waals surface area contributed by atoms with E-state index in [1.807, 2.05) is 0 Å². The predicted octanol–water partition coefficient (Wildman–Crippen LogP) is 7.46. The van der Waals surface area contributed by atoms with E-state index < -0.39 is 35.0 Å². The topological polar surface area (TPSA) is 0 Å². The highest BCUT2D eigenvalue weighted by atomic mass is 19.4. The summed E-state index contributed by atoms with van der Waals surface area (Å²) in [6.45, 7) is 1.70. The maximum atomic E-state index is 14.6. The lowest BCUT2D eigenvalue weighted by Crippen LogP contribution is -2.01. The molecule has 0 radical (unpaired) electrons. The third-order valence-electron chi connectivity index (χ3n) is 4.23. The fourth-order valence-corrected chi connectivity index (χ4v) is 2.85. The van der Waals surface area contributed by atoms with Crippen molar-refractivity contribution in [2.24, 2.45) is 0 Å². The van der Waals surface area contributed by atoms with E-state index in [9.17, 15) is 30.7 Å². The Hall–Kier alpha value is -3.09. The SMILES string of the molecule is Cc1ccc(-c2ccc(-c3cc(F)c(C=CC(F)(F)F)c(F)c3)c(F)c2)c(F)c1.